The summed E-state index contributed by atoms with van der Waals surface area (Å²) in [5.41, 5.74) is 6.31. The van der Waals surface area contributed by atoms with Crippen LogP contribution >= 0.6 is 11.3 Å². The minimum absolute atomic E-state index is 0.601. The van der Waals surface area contributed by atoms with Gasteiger partial charge in [0.15, 0.2) is 11.6 Å². The van der Waals surface area contributed by atoms with Gasteiger partial charge in [0.2, 0.25) is 5.95 Å². The fourth-order valence-electron chi connectivity index (χ4n) is 6.27. The number of para-hydroxylation sites is 1. The number of fused-ring (bicyclic) bond motifs is 7. The lowest BCUT2D eigenvalue weighted by molar-refractivity contribution is 0.954. The monoisotopic (exact) mass is 580 g/mol. The normalized spacial score (nSPS) is 11.6. The molecule has 0 atom stereocenters. The first kappa shape index (κ1) is 24.9. The highest BCUT2D eigenvalue weighted by molar-refractivity contribution is 7.26. The summed E-state index contributed by atoms with van der Waals surface area (Å²) in [6, 6.07) is 50.7. The number of benzene rings is 6. The molecule has 0 unspecified atom stereocenters. The SMILES string of the molecule is c1ccc(-c2cccc(-c3nc(-c4ccccc4)nc(-n4c5ccccc5c5c6c(ccc54)sc4ccccc46)n3)c2)cc1. The molecule has 9 rings (SSSR count). The van der Waals surface area contributed by atoms with Gasteiger partial charge in [-0.2, -0.15) is 9.97 Å². The van der Waals surface area contributed by atoms with Crippen molar-refractivity contribution in [1.29, 1.82) is 0 Å². The van der Waals surface area contributed by atoms with E-state index in [0.717, 1.165) is 33.3 Å². The van der Waals surface area contributed by atoms with Crippen LogP contribution in [-0.4, -0.2) is 19.5 Å². The molecule has 0 spiro atoms. The van der Waals surface area contributed by atoms with Crippen molar-refractivity contribution in [3.63, 3.8) is 0 Å². The molecule has 0 aliphatic rings. The van der Waals surface area contributed by atoms with Crippen LogP contribution in [0.1, 0.15) is 0 Å². The van der Waals surface area contributed by atoms with Gasteiger partial charge in [0.25, 0.3) is 0 Å². The van der Waals surface area contributed by atoms with E-state index in [-0.39, 0.29) is 0 Å². The molecule has 44 heavy (non-hydrogen) atoms. The predicted octanol–water partition coefficient (Wildman–Crippen LogP) is 10.3. The first-order chi connectivity index (χ1) is 21.8. The zero-order chi connectivity index (χ0) is 29.0. The average Bonchev–Trinajstić information content (AvgIpc) is 3.64. The van der Waals surface area contributed by atoms with Crippen molar-refractivity contribution in [1.82, 2.24) is 19.5 Å². The van der Waals surface area contributed by atoms with Crippen molar-refractivity contribution < 1.29 is 0 Å². The molecule has 3 aromatic heterocycles. The van der Waals surface area contributed by atoms with Crippen LogP contribution in [0.15, 0.2) is 146 Å². The lowest BCUT2D eigenvalue weighted by atomic mass is 10.0. The molecule has 0 aliphatic heterocycles. The van der Waals surface area contributed by atoms with Gasteiger partial charge in [0.05, 0.1) is 11.0 Å². The van der Waals surface area contributed by atoms with Crippen LogP contribution < -0.4 is 0 Å². The Morgan fingerprint density at radius 1 is 0.409 bits per heavy atom. The van der Waals surface area contributed by atoms with Gasteiger partial charge in [-0.25, -0.2) is 4.98 Å². The first-order valence-corrected chi connectivity index (χ1v) is 15.4. The maximum Gasteiger partial charge on any atom is 0.238 e. The molecule has 5 heteroatoms. The molecule has 0 saturated heterocycles. The summed E-state index contributed by atoms with van der Waals surface area (Å²) in [6.45, 7) is 0. The summed E-state index contributed by atoms with van der Waals surface area (Å²) < 4.78 is 4.77. The van der Waals surface area contributed by atoms with E-state index in [1.165, 1.54) is 30.9 Å². The van der Waals surface area contributed by atoms with Crippen LogP contribution in [0.4, 0.5) is 0 Å². The highest BCUT2D eigenvalue weighted by Gasteiger charge is 2.20. The Labute approximate surface area is 257 Å². The van der Waals surface area contributed by atoms with E-state index in [2.05, 4.69) is 126 Å². The van der Waals surface area contributed by atoms with Crippen LogP contribution in [0.3, 0.4) is 0 Å². The van der Waals surface area contributed by atoms with E-state index in [4.69, 9.17) is 15.0 Å². The molecular formula is C39H24N4S. The Morgan fingerprint density at radius 3 is 1.86 bits per heavy atom. The Kier molecular flexibility index (Phi) is 5.64. The zero-order valence-electron chi connectivity index (χ0n) is 23.6. The van der Waals surface area contributed by atoms with Crippen molar-refractivity contribution in [3.8, 4) is 39.9 Å². The Bertz CT molecular complexity index is 2490. The molecule has 3 heterocycles. The van der Waals surface area contributed by atoms with Crippen molar-refractivity contribution in [2.24, 2.45) is 0 Å². The fraction of sp³-hybridized carbons (Fsp3) is 0. The molecule has 0 N–H and O–H groups in total. The Hall–Kier alpha value is -5.65. The van der Waals surface area contributed by atoms with E-state index in [9.17, 15) is 0 Å². The number of rotatable bonds is 4. The predicted molar refractivity (Wildman–Crippen MR) is 183 cm³/mol. The Morgan fingerprint density at radius 2 is 1.05 bits per heavy atom. The van der Waals surface area contributed by atoms with Crippen LogP contribution in [0.25, 0.3) is 81.8 Å². The summed E-state index contributed by atoms with van der Waals surface area (Å²) in [4.78, 5) is 15.3. The van der Waals surface area contributed by atoms with E-state index < -0.39 is 0 Å². The van der Waals surface area contributed by atoms with Gasteiger partial charge in [-0.05, 0) is 41.5 Å². The van der Waals surface area contributed by atoms with E-state index >= 15 is 0 Å². The lowest BCUT2D eigenvalue weighted by Crippen LogP contribution is -2.06. The number of nitrogens with zero attached hydrogens (tertiary/aromatic N) is 4. The number of hydrogen-bond donors (Lipinski definition) is 0. The number of thiophene rings is 1. The largest absolute Gasteiger partial charge is 0.278 e. The third-order valence-corrected chi connectivity index (χ3v) is 9.40. The van der Waals surface area contributed by atoms with Crippen LogP contribution in [0, 0.1) is 0 Å². The standard InChI is InChI=1S/C39H24N4S/c1-3-12-25(13-4-1)27-16-11-17-28(24-27)38-40-37(26-14-5-2-6-15-26)41-39(42-38)43-31-20-9-7-18-29(31)35-32(43)22-23-34-36(35)30-19-8-10-21-33(30)44-34/h1-24H. The lowest BCUT2D eigenvalue weighted by Gasteiger charge is -2.11. The van der Waals surface area contributed by atoms with E-state index in [0.29, 0.717) is 17.6 Å². The molecule has 6 aromatic carbocycles. The van der Waals surface area contributed by atoms with E-state index in [1.807, 2.05) is 35.6 Å². The smallest absolute Gasteiger partial charge is 0.238 e. The average molecular weight is 581 g/mol. The van der Waals surface area contributed by atoms with Gasteiger partial charge < -0.3 is 0 Å². The summed E-state index contributed by atoms with van der Waals surface area (Å²) >= 11 is 1.84. The molecule has 206 valence electrons. The minimum Gasteiger partial charge on any atom is -0.278 e. The highest BCUT2D eigenvalue weighted by Crippen LogP contribution is 2.43. The first-order valence-electron chi connectivity index (χ1n) is 14.6. The second-order valence-electron chi connectivity index (χ2n) is 10.9. The second kappa shape index (κ2) is 9.97. The van der Waals surface area contributed by atoms with Gasteiger partial charge in [-0.3, -0.25) is 4.57 Å². The van der Waals surface area contributed by atoms with Crippen LogP contribution in [0.2, 0.25) is 0 Å². The topological polar surface area (TPSA) is 43.6 Å². The zero-order valence-corrected chi connectivity index (χ0v) is 24.4. The third-order valence-electron chi connectivity index (χ3n) is 8.26. The molecule has 0 aliphatic carbocycles. The van der Waals surface area contributed by atoms with Gasteiger partial charge in [0, 0.05) is 42.1 Å². The molecule has 0 amide bonds. The second-order valence-corrected chi connectivity index (χ2v) is 12.0. The van der Waals surface area contributed by atoms with Gasteiger partial charge in [-0.15, -0.1) is 11.3 Å². The molecule has 0 bridgehead atoms. The van der Waals surface area contributed by atoms with Crippen LogP contribution in [-0.2, 0) is 0 Å². The van der Waals surface area contributed by atoms with E-state index in [1.54, 1.807) is 0 Å². The van der Waals surface area contributed by atoms with Crippen molar-refractivity contribution in [2.45, 2.75) is 0 Å². The summed E-state index contributed by atoms with van der Waals surface area (Å²) in [5.74, 6) is 1.88. The highest BCUT2D eigenvalue weighted by atomic mass is 32.1. The quantitative estimate of drug-likeness (QED) is 0.208. The summed E-state index contributed by atoms with van der Waals surface area (Å²) in [5, 5.41) is 4.97. The molecular weight excluding hydrogens is 557 g/mol. The van der Waals surface area contributed by atoms with Gasteiger partial charge in [-0.1, -0.05) is 115 Å². The molecule has 0 radical (unpaired) electrons. The summed E-state index contributed by atoms with van der Waals surface area (Å²) in [6.07, 6.45) is 0. The molecule has 0 fully saturated rings. The van der Waals surface area contributed by atoms with Crippen molar-refractivity contribution in [3.05, 3.63) is 146 Å². The van der Waals surface area contributed by atoms with Gasteiger partial charge >= 0.3 is 0 Å². The van der Waals surface area contributed by atoms with Crippen LogP contribution in [0.5, 0.6) is 0 Å². The minimum atomic E-state index is 0.601. The third kappa shape index (κ3) is 3.94. The molecule has 4 nitrogen and oxygen atoms in total. The maximum absolute atomic E-state index is 5.18. The molecule has 0 saturated carbocycles. The number of hydrogen-bond acceptors (Lipinski definition) is 4. The van der Waals surface area contributed by atoms with Crippen molar-refractivity contribution >= 4 is 53.3 Å². The molecule has 9 aromatic rings. The number of aromatic nitrogens is 4. The maximum atomic E-state index is 5.18. The van der Waals surface area contributed by atoms with Crippen molar-refractivity contribution in [2.75, 3.05) is 0 Å². The van der Waals surface area contributed by atoms with Gasteiger partial charge in [0.1, 0.15) is 0 Å². The fourth-order valence-corrected chi connectivity index (χ4v) is 7.38. The summed E-state index contributed by atoms with van der Waals surface area (Å²) in [7, 11) is 0. The Balaban J connectivity index is 1.35.